The van der Waals surface area contributed by atoms with E-state index < -0.39 is 0 Å². The second kappa shape index (κ2) is 6.05. The summed E-state index contributed by atoms with van der Waals surface area (Å²) in [4.78, 5) is 2.16. The summed E-state index contributed by atoms with van der Waals surface area (Å²) >= 11 is 0. The molecule has 0 atom stereocenters. The van der Waals surface area contributed by atoms with Crippen molar-refractivity contribution in [1.29, 1.82) is 5.26 Å². The van der Waals surface area contributed by atoms with E-state index in [9.17, 15) is 0 Å². The van der Waals surface area contributed by atoms with Crippen LogP contribution in [-0.4, -0.2) is 27.2 Å². The minimum absolute atomic E-state index is 0.716. The summed E-state index contributed by atoms with van der Waals surface area (Å²) in [7, 11) is 4.00. The number of rotatable bonds is 5. The Morgan fingerprint density at radius 2 is 2.27 bits per heavy atom. The van der Waals surface area contributed by atoms with Gasteiger partial charge in [0.1, 0.15) is 0 Å². The minimum Gasteiger partial charge on any atom is -0.375 e. The molecule has 0 fully saturated rings. The Hall–Kier alpha value is -1.53. The van der Waals surface area contributed by atoms with Crippen molar-refractivity contribution in [3.05, 3.63) is 29.8 Å². The highest BCUT2D eigenvalue weighted by molar-refractivity contribution is 5.50. The maximum absolute atomic E-state index is 8.78. The molecule has 0 radical (unpaired) electrons. The third kappa shape index (κ3) is 3.61. The predicted molar refractivity (Wildman–Crippen MR) is 63.0 cm³/mol. The standard InChI is InChI=1S/C12H17N3/c1-14-7-4-8-15(2)12-6-3-5-11(9-12)10-13/h3,5-6,9,14H,4,7-8H2,1-2H3. The summed E-state index contributed by atoms with van der Waals surface area (Å²) < 4.78 is 0. The normalized spacial score (nSPS) is 9.67. The Bertz CT molecular complexity index is 341. The molecule has 1 aromatic carbocycles. The van der Waals surface area contributed by atoms with Crippen molar-refractivity contribution in [2.75, 3.05) is 32.1 Å². The minimum atomic E-state index is 0.716. The van der Waals surface area contributed by atoms with Gasteiger partial charge in [0, 0.05) is 19.3 Å². The predicted octanol–water partition coefficient (Wildman–Crippen LogP) is 1.60. The van der Waals surface area contributed by atoms with Crippen LogP contribution in [0.1, 0.15) is 12.0 Å². The molecule has 0 saturated carbocycles. The van der Waals surface area contributed by atoms with E-state index in [1.54, 1.807) is 0 Å². The van der Waals surface area contributed by atoms with Crippen LogP contribution in [0, 0.1) is 11.3 Å². The van der Waals surface area contributed by atoms with E-state index in [0.29, 0.717) is 5.56 Å². The molecule has 80 valence electrons. The van der Waals surface area contributed by atoms with Crippen LogP contribution >= 0.6 is 0 Å². The van der Waals surface area contributed by atoms with Crippen LogP contribution in [0.2, 0.25) is 0 Å². The number of nitrogens with one attached hydrogen (secondary N) is 1. The molecule has 1 N–H and O–H groups in total. The molecule has 1 aromatic rings. The van der Waals surface area contributed by atoms with Crippen molar-refractivity contribution in [2.24, 2.45) is 0 Å². The van der Waals surface area contributed by atoms with Crippen molar-refractivity contribution in [2.45, 2.75) is 6.42 Å². The molecule has 1 rings (SSSR count). The van der Waals surface area contributed by atoms with Gasteiger partial charge in [-0.1, -0.05) is 6.07 Å². The first-order valence-electron chi connectivity index (χ1n) is 5.14. The first-order valence-corrected chi connectivity index (χ1v) is 5.14. The van der Waals surface area contributed by atoms with E-state index in [-0.39, 0.29) is 0 Å². The van der Waals surface area contributed by atoms with Crippen molar-refractivity contribution < 1.29 is 0 Å². The Morgan fingerprint density at radius 1 is 1.47 bits per heavy atom. The first-order chi connectivity index (χ1) is 7.27. The number of hydrogen-bond acceptors (Lipinski definition) is 3. The van der Waals surface area contributed by atoms with Gasteiger partial charge in [-0.05, 0) is 38.2 Å². The lowest BCUT2D eigenvalue weighted by Crippen LogP contribution is -2.22. The highest BCUT2D eigenvalue weighted by Crippen LogP contribution is 2.14. The SMILES string of the molecule is CNCCCN(C)c1cccc(C#N)c1. The molecule has 0 bridgehead atoms. The maximum Gasteiger partial charge on any atom is 0.0992 e. The molecule has 3 heteroatoms. The second-order valence-corrected chi connectivity index (χ2v) is 3.54. The number of anilines is 1. The van der Waals surface area contributed by atoms with E-state index in [1.165, 1.54) is 0 Å². The van der Waals surface area contributed by atoms with Gasteiger partial charge >= 0.3 is 0 Å². The highest BCUT2D eigenvalue weighted by atomic mass is 15.1. The molecule has 0 aliphatic heterocycles. The molecule has 0 amide bonds. The quantitative estimate of drug-likeness (QED) is 0.739. The van der Waals surface area contributed by atoms with Crippen LogP contribution in [0.4, 0.5) is 5.69 Å². The Morgan fingerprint density at radius 3 is 2.93 bits per heavy atom. The molecule has 0 aromatic heterocycles. The van der Waals surface area contributed by atoms with E-state index in [4.69, 9.17) is 5.26 Å². The van der Waals surface area contributed by atoms with Gasteiger partial charge in [-0.25, -0.2) is 0 Å². The molecule has 3 nitrogen and oxygen atoms in total. The molecule has 0 aliphatic carbocycles. The van der Waals surface area contributed by atoms with E-state index in [0.717, 1.165) is 25.2 Å². The summed E-state index contributed by atoms with van der Waals surface area (Å²) in [6.07, 6.45) is 1.10. The number of hydrogen-bond donors (Lipinski definition) is 1. The van der Waals surface area contributed by atoms with Crippen molar-refractivity contribution in [3.63, 3.8) is 0 Å². The molecule has 0 unspecified atom stereocenters. The molecular formula is C12H17N3. The molecule has 0 saturated heterocycles. The van der Waals surface area contributed by atoms with Crippen LogP contribution in [0.5, 0.6) is 0 Å². The summed E-state index contributed by atoms with van der Waals surface area (Å²) in [6, 6.07) is 9.84. The van der Waals surface area contributed by atoms with Crippen LogP contribution in [-0.2, 0) is 0 Å². The van der Waals surface area contributed by atoms with Crippen LogP contribution in [0.25, 0.3) is 0 Å². The summed E-state index contributed by atoms with van der Waals surface area (Å²) in [6.45, 7) is 2.01. The summed E-state index contributed by atoms with van der Waals surface area (Å²) in [5.41, 5.74) is 1.82. The number of benzene rings is 1. The lowest BCUT2D eigenvalue weighted by atomic mass is 10.2. The lowest BCUT2D eigenvalue weighted by Gasteiger charge is -2.19. The Kier molecular flexibility index (Phi) is 4.65. The first kappa shape index (κ1) is 11.5. The van der Waals surface area contributed by atoms with Crippen LogP contribution < -0.4 is 10.2 Å². The second-order valence-electron chi connectivity index (χ2n) is 3.54. The van der Waals surface area contributed by atoms with Crippen molar-refractivity contribution in [1.82, 2.24) is 5.32 Å². The van der Waals surface area contributed by atoms with Gasteiger partial charge in [0.2, 0.25) is 0 Å². The van der Waals surface area contributed by atoms with Gasteiger partial charge in [-0.3, -0.25) is 0 Å². The van der Waals surface area contributed by atoms with Gasteiger partial charge in [-0.15, -0.1) is 0 Å². The zero-order valence-corrected chi connectivity index (χ0v) is 9.33. The number of nitriles is 1. The van der Waals surface area contributed by atoms with Crippen molar-refractivity contribution >= 4 is 5.69 Å². The smallest absolute Gasteiger partial charge is 0.0992 e. The zero-order valence-electron chi connectivity index (χ0n) is 9.33. The van der Waals surface area contributed by atoms with E-state index in [2.05, 4.69) is 16.3 Å². The third-order valence-corrected chi connectivity index (χ3v) is 2.34. The third-order valence-electron chi connectivity index (χ3n) is 2.34. The fraction of sp³-hybridized carbons (Fsp3) is 0.417. The Labute approximate surface area is 91.3 Å². The Balaban J connectivity index is 2.57. The summed E-state index contributed by atoms with van der Waals surface area (Å²) in [5.74, 6) is 0. The molecule has 0 heterocycles. The van der Waals surface area contributed by atoms with Crippen molar-refractivity contribution in [3.8, 4) is 6.07 Å². The maximum atomic E-state index is 8.78. The fourth-order valence-electron chi connectivity index (χ4n) is 1.43. The topological polar surface area (TPSA) is 39.1 Å². The van der Waals surface area contributed by atoms with Crippen LogP contribution in [0.15, 0.2) is 24.3 Å². The zero-order chi connectivity index (χ0) is 11.1. The fourth-order valence-corrected chi connectivity index (χ4v) is 1.43. The van der Waals surface area contributed by atoms with Crippen LogP contribution in [0.3, 0.4) is 0 Å². The monoisotopic (exact) mass is 203 g/mol. The van der Waals surface area contributed by atoms with Gasteiger partial charge in [0.15, 0.2) is 0 Å². The molecule has 0 aliphatic rings. The molecule has 15 heavy (non-hydrogen) atoms. The molecule has 0 spiro atoms. The van der Waals surface area contributed by atoms with Gasteiger partial charge in [-0.2, -0.15) is 5.26 Å². The average Bonchev–Trinajstić information content (AvgIpc) is 2.29. The molecular weight excluding hydrogens is 186 g/mol. The van der Waals surface area contributed by atoms with E-state index >= 15 is 0 Å². The summed E-state index contributed by atoms with van der Waals surface area (Å²) in [5, 5.41) is 11.9. The largest absolute Gasteiger partial charge is 0.375 e. The van der Waals surface area contributed by atoms with Gasteiger partial charge in [0.05, 0.1) is 11.6 Å². The highest BCUT2D eigenvalue weighted by Gasteiger charge is 2.00. The van der Waals surface area contributed by atoms with E-state index in [1.807, 2.05) is 38.4 Å². The van der Waals surface area contributed by atoms with Gasteiger partial charge < -0.3 is 10.2 Å². The number of nitrogens with zero attached hydrogens (tertiary/aromatic N) is 2. The average molecular weight is 203 g/mol. The van der Waals surface area contributed by atoms with Gasteiger partial charge in [0.25, 0.3) is 0 Å². The lowest BCUT2D eigenvalue weighted by molar-refractivity contribution is 0.713.